The average Bonchev–Trinajstić information content (AvgIpc) is 2.36. The highest BCUT2D eigenvalue weighted by molar-refractivity contribution is 6.30. The fourth-order valence-corrected chi connectivity index (χ4v) is 2.85. The molecule has 0 spiro atoms. The molecule has 1 aliphatic rings. The molecule has 1 N–H and O–H groups in total. The van der Waals surface area contributed by atoms with Gasteiger partial charge in [-0.25, -0.2) is 4.79 Å². The highest BCUT2D eigenvalue weighted by atomic mass is 35.5. The Morgan fingerprint density at radius 3 is 2.55 bits per heavy atom. The van der Waals surface area contributed by atoms with E-state index in [0.717, 1.165) is 5.56 Å². The van der Waals surface area contributed by atoms with Gasteiger partial charge in [-0.05, 0) is 51.3 Å². The standard InChI is InChI=1S/C17H24ClNO3/c1-16(2,3)22-15(20)19-9-7-17(21,8-10-19)12-13-5-4-6-14(18)11-13/h4-6,11,21H,7-10,12H2,1-3H3. The lowest BCUT2D eigenvalue weighted by atomic mass is 9.85. The monoisotopic (exact) mass is 325 g/mol. The summed E-state index contributed by atoms with van der Waals surface area (Å²) in [5.74, 6) is 0. The van der Waals surface area contributed by atoms with Crippen molar-refractivity contribution in [2.24, 2.45) is 0 Å². The minimum atomic E-state index is -0.788. The van der Waals surface area contributed by atoms with E-state index >= 15 is 0 Å². The van der Waals surface area contributed by atoms with Crippen molar-refractivity contribution in [2.45, 2.75) is 51.2 Å². The zero-order chi connectivity index (χ0) is 16.4. The minimum Gasteiger partial charge on any atom is -0.444 e. The van der Waals surface area contributed by atoms with Crippen LogP contribution < -0.4 is 0 Å². The first kappa shape index (κ1) is 17.1. The summed E-state index contributed by atoms with van der Waals surface area (Å²) in [4.78, 5) is 13.7. The van der Waals surface area contributed by atoms with Gasteiger partial charge in [0, 0.05) is 24.5 Å². The van der Waals surface area contributed by atoms with E-state index < -0.39 is 11.2 Å². The van der Waals surface area contributed by atoms with Crippen LogP contribution in [0.25, 0.3) is 0 Å². The SMILES string of the molecule is CC(C)(C)OC(=O)N1CCC(O)(Cc2cccc(Cl)c2)CC1. The molecule has 0 bridgehead atoms. The van der Waals surface area contributed by atoms with E-state index in [1.165, 1.54) is 0 Å². The largest absolute Gasteiger partial charge is 0.444 e. The van der Waals surface area contributed by atoms with Gasteiger partial charge in [0.15, 0.2) is 0 Å². The molecule has 1 aromatic rings. The van der Waals surface area contributed by atoms with Crippen molar-refractivity contribution >= 4 is 17.7 Å². The summed E-state index contributed by atoms with van der Waals surface area (Å²) in [6.45, 7) is 6.57. The lowest BCUT2D eigenvalue weighted by Gasteiger charge is -2.38. The second kappa shape index (κ2) is 6.47. The van der Waals surface area contributed by atoms with Crippen LogP contribution in [0.15, 0.2) is 24.3 Å². The summed E-state index contributed by atoms with van der Waals surface area (Å²) in [5.41, 5.74) is -0.268. The second-order valence-corrected chi connectivity index (χ2v) is 7.43. The summed E-state index contributed by atoms with van der Waals surface area (Å²) in [6, 6.07) is 7.54. The van der Waals surface area contributed by atoms with E-state index in [4.69, 9.17) is 16.3 Å². The van der Waals surface area contributed by atoms with Crippen molar-refractivity contribution in [3.05, 3.63) is 34.9 Å². The third-order valence-electron chi connectivity index (χ3n) is 3.77. The second-order valence-electron chi connectivity index (χ2n) is 7.00. The van der Waals surface area contributed by atoms with Crippen molar-refractivity contribution in [1.29, 1.82) is 0 Å². The Morgan fingerprint density at radius 1 is 1.36 bits per heavy atom. The maximum atomic E-state index is 12.0. The van der Waals surface area contributed by atoms with Gasteiger partial charge in [0.05, 0.1) is 5.60 Å². The number of carbonyl (C=O) groups excluding carboxylic acids is 1. The smallest absolute Gasteiger partial charge is 0.410 e. The number of piperidine rings is 1. The number of ether oxygens (including phenoxy) is 1. The maximum absolute atomic E-state index is 12.0. The summed E-state index contributed by atoms with van der Waals surface area (Å²) in [5, 5.41) is 11.4. The first-order valence-corrected chi connectivity index (χ1v) is 7.99. The van der Waals surface area contributed by atoms with Crippen molar-refractivity contribution in [2.75, 3.05) is 13.1 Å². The first-order valence-electron chi connectivity index (χ1n) is 7.62. The molecule has 5 heteroatoms. The number of halogens is 1. The Bertz CT molecular complexity index is 531. The fourth-order valence-electron chi connectivity index (χ4n) is 2.64. The molecule has 1 aliphatic heterocycles. The van der Waals surface area contributed by atoms with E-state index in [2.05, 4.69) is 0 Å². The number of hydrogen-bond acceptors (Lipinski definition) is 3. The van der Waals surface area contributed by atoms with Gasteiger partial charge in [0.25, 0.3) is 0 Å². The molecule has 0 saturated carbocycles. The topological polar surface area (TPSA) is 49.8 Å². The molecule has 1 aromatic carbocycles. The van der Waals surface area contributed by atoms with E-state index in [1.807, 2.05) is 45.0 Å². The van der Waals surface area contributed by atoms with Crippen LogP contribution in [0.5, 0.6) is 0 Å². The Kier molecular flexibility index (Phi) is 5.03. The number of amides is 1. The van der Waals surface area contributed by atoms with Crippen LogP contribution in [0, 0.1) is 0 Å². The number of nitrogens with zero attached hydrogens (tertiary/aromatic N) is 1. The zero-order valence-electron chi connectivity index (χ0n) is 13.4. The van der Waals surface area contributed by atoms with Crippen LogP contribution in [0.2, 0.25) is 5.02 Å². The predicted molar refractivity (Wildman–Crippen MR) is 87.1 cm³/mol. The number of carbonyl (C=O) groups is 1. The van der Waals surface area contributed by atoms with Crippen LogP contribution in [0.1, 0.15) is 39.2 Å². The lowest BCUT2D eigenvalue weighted by Crippen LogP contribution is -2.49. The van der Waals surface area contributed by atoms with Gasteiger partial charge >= 0.3 is 6.09 Å². The average molecular weight is 326 g/mol. The van der Waals surface area contributed by atoms with Gasteiger partial charge in [0.2, 0.25) is 0 Å². The van der Waals surface area contributed by atoms with Crippen LogP contribution in [-0.4, -0.2) is 40.4 Å². The third kappa shape index (κ3) is 4.89. The van der Waals surface area contributed by atoms with Crippen molar-refractivity contribution < 1.29 is 14.6 Å². The van der Waals surface area contributed by atoms with Gasteiger partial charge in [-0.3, -0.25) is 0 Å². The van der Waals surface area contributed by atoms with E-state index in [0.29, 0.717) is 37.4 Å². The number of hydrogen-bond donors (Lipinski definition) is 1. The van der Waals surface area contributed by atoms with Gasteiger partial charge < -0.3 is 14.7 Å². The van der Waals surface area contributed by atoms with Crippen molar-refractivity contribution in [1.82, 2.24) is 4.90 Å². The molecule has 1 fully saturated rings. The van der Waals surface area contributed by atoms with Crippen LogP contribution >= 0.6 is 11.6 Å². The molecule has 2 rings (SSSR count). The molecule has 0 radical (unpaired) electrons. The fraction of sp³-hybridized carbons (Fsp3) is 0.588. The maximum Gasteiger partial charge on any atom is 0.410 e. The minimum absolute atomic E-state index is 0.308. The summed E-state index contributed by atoms with van der Waals surface area (Å²) in [7, 11) is 0. The van der Waals surface area contributed by atoms with E-state index in [1.54, 1.807) is 4.90 Å². The molecule has 1 saturated heterocycles. The van der Waals surface area contributed by atoms with Gasteiger partial charge in [0.1, 0.15) is 5.60 Å². The summed E-state index contributed by atoms with van der Waals surface area (Å²) >= 11 is 5.98. The quantitative estimate of drug-likeness (QED) is 0.903. The van der Waals surface area contributed by atoms with Crippen LogP contribution in [-0.2, 0) is 11.2 Å². The Balaban J connectivity index is 1.91. The van der Waals surface area contributed by atoms with E-state index in [-0.39, 0.29) is 6.09 Å². The molecule has 4 nitrogen and oxygen atoms in total. The molecule has 0 unspecified atom stereocenters. The molecule has 22 heavy (non-hydrogen) atoms. The number of rotatable bonds is 2. The molecule has 122 valence electrons. The van der Waals surface area contributed by atoms with Crippen molar-refractivity contribution in [3.63, 3.8) is 0 Å². The first-order chi connectivity index (χ1) is 10.2. The molecular weight excluding hydrogens is 302 g/mol. The molecule has 1 heterocycles. The normalized spacial score (nSPS) is 18.1. The van der Waals surface area contributed by atoms with Crippen molar-refractivity contribution in [3.8, 4) is 0 Å². The molecule has 0 atom stereocenters. The Hall–Kier alpha value is -1.26. The molecule has 0 aliphatic carbocycles. The Morgan fingerprint density at radius 2 is 2.00 bits per heavy atom. The molecular formula is C17H24ClNO3. The number of benzene rings is 1. The molecule has 1 amide bonds. The summed E-state index contributed by atoms with van der Waals surface area (Å²) in [6.07, 6.45) is 1.32. The van der Waals surface area contributed by atoms with Gasteiger partial charge in [-0.15, -0.1) is 0 Å². The lowest BCUT2D eigenvalue weighted by molar-refractivity contribution is -0.0315. The third-order valence-corrected chi connectivity index (χ3v) is 4.00. The highest BCUT2D eigenvalue weighted by Gasteiger charge is 2.35. The predicted octanol–water partition coefficient (Wildman–Crippen LogP) is 3.64. The number of likely N-dealkylation sites (tertiary alicyclic amines) is 1. The summed E-state index contributed by atoms with van der Waals surface area (Å²) < 4.78 is 5.37. The Labute approximate surface area is 137 Å². The van der Waals surface area contributed by atoms with Crippen LogP contribution in [0.4, 0.5) is 4.79 Å². The van der Waals surface area contributed by atoms with Gasteiger partial charge in [-0.2, -0.15) is 0 Å². The number of aliphatic hydroxyl groups is 1. The molecule has 0 aromatic heterocycles. The van der Waals surface area contributed by atoms with Gasteiger partial charge in [-0.1, -0.05) is 23.7 Å². The van der Waals surface area contributed by atoms with Crippen LogP contribution in [0.3, 0.4) is 0 Å². The van der Waals surface area contributed by atoms with E-state index in [9.17, 15) is 9.90 Å². The highest BCUT2D eigenvalue weighted by Crippen LogP contribution is 2.28. The zero-order valence-corrected chi connectivity index (χ0v) is 14.2.